The first-order valence-electron chi connectivity index (χ1n) is 8.72. The molecule has 3 heterocycles. The van der Waals surface area contributed by atoms with Crippen molar-refractivity contribution in [2.45, 2.75) is 45.1 Å². The van der Waals surface area contributed by atoms with Gasteiger partial charge in [-0.15, -0.1) is 10.2 Å². The van der Waals surface area contributed by atoms with Gasteiger partial charge < -0.3 is 9.47 Å². The van der Waals surface area contributed by atoms with E-state index in [1.165, 1.54) is 13.0 Å². The van der Waals surface area contributed by atoms with Crippen LogP contribution in [0.1, 0.15) is 52.8 Å². The molecule has 7 heteroatoms. The zero-order valence-electron chi connectivity index (χ0n) is 14.1. The van der Waals surface area contributed by atoms with E-state index in [1.54, 1.807) is 4.90 Å². The minimum absolute atomic E-state index is 0.0629. The number of benzene rings is 1. The summed E-state index contributed by atoms with van der Waals surface area (Å²) in [4.78, 5) is 14.3. The van der Waals surface area contributed by atoms with Crippen molar-refractivity contribution in [1.29, 1.82) is 0 Å². The van der Waals surface area contributed by atoms with E-state index in [2.05, 4.69) is 14.8 Å². The van der Waals surface area contributed by atoms with Crippen molar-refractivity contribution in [1.82, 2.24) is 19.7 Å². The lowest BCUT2D eigenvalue weighted by Crippen LogP contribution is -2.40. The fraction of sp³-hybridized carbons (Fsp3) is 0.500. The Bertz CT molecular complexity index is 833. The summed E-state index contributed by atoms with van der Waals surface area (Å²) in [6.07, 6.45) is 3.68. The van der Waals surface area contributed by atoms with E-state index in [4.69, 9.17) is 0 Å². The van der Waals surface area contributed by atoms with Gasteiger partial charge >= 0.3 is 0 Å². The van der Waals surface area contributed by atoms with Gasteiger partial charge in [0.25, 0.3) is 5.91 Å². The molecular formula is C18H20F2N4O. The first-order chi connectivity index (χ1) is 12.1. The largest absolute Gasteiger partial charge is 0.338 e. The summed E-state index contributed by atoms with van der Waals surface area (Å²) in [5.74, 6) is -0.198. The maximum Gasteiger partial charge on any atom is 0.259 e. The number of aromatic nitrogens is 3. The maximum atomic E-state index is 14.3. The lowest BCUT2D eigenvalue weighted by atomic mass is 9.96. The van der Waals surface area contributed by atoms with Crippen molar-refractivity contribution in [3.63, 3.8) is 0 Å². The number of aryl methyl sites for hydroxylation is 2. The molecule has 1 fully saturated rings. The summed E-state index contributed by atoms with van der Waals surface area (Å²) in [6, 6.07) is 2.50. The highest BCUT2D eigenvalue weighted by Crippen LogP contribution is 2.30. The van der Waals surface area contributed by atoms with Crippen LogP contribution in [0.25, 0.3) is 0 Å². The molecule has 0 bridgehead atoms. The smallest absolute Gasteiger partial charge is 0.259 e. The van der Waals surface area contributed by atoms with Gasteiger partial charge in [-0.3, -0.25) is 4.79 Å². The standard InChI is InChI=1S/C18H20F2N4O/c1-11-6-7-13(19)15(16(11)20)18(25)23-8-2-4-12(10-23)17-22-21-14-5-3-9-24(14)17/h6-7,12H,2-5,8-10H2,1H3. The summed E-state index contributed by atoms with van der Waals surface area (Å²) in [6.45, 7) is 3.36. The van der Waals surface area contributed by atoms with Gasteiger partial charge in [0.05, 0.1) is 0 Å². The number of fused-ring (bicyclic) bond motifs is 1. The molecule has 1 atom stereocenters. The van der Waals surface area contributed by atoms with E-state index in [1.807, 2.05) is 0 Å². The van der Waals surface area contributed by atoms with Crippen molar-refractivity contribution >= 4 is 5.91 Å². The molecule has 0 saturated carbocycles. The van der Waals surface area contributed by atoms with Crippen molar-refractivity contribution in [2.75, 3.05) is 13.1 Å². The third kappa shape index (κ3) is 2.71. The Morgan fingerprint density at radius 2 is 2.04 bits per heavy atom. The number of rotatable bonds is 2. The molecule has 2 aromatic rings. The molecule has 0 spiro atoms. The number of carbonyl (C=O) groups excluding carboxylic acids is 1. The van der Waals surface area contributed by atoms with Crippen LogP contribution >= 0.6 is 0 Å². The fourth-order valence-electron chi connectivity index (χ4n) is 3.86. The van der Waals surface area contributed by atoms with Crippen molar-refractivity contribution in [3.05, 3.63) is 46.5 Å². The second-order valence-electron chi connectivity index (χ2n) is 6.87. The van der Waals surface area contributed by atoms with Gasteiger partial charge in [-0.2, -0.15) is 0 Å². The first kappa shape index (κ1) is 16.2. The zero-order valence-corrected chi connectivity index (χ0v) is 14.1. The minimum atomic E-state index is -0.807. The summed E-state index contributed by atoms with van der Waals surface area (Å²) in [5.41, 5.74) is -0.180. The minimum Gasteiger partial charge on any atom is -0.338 e. The lowest BCUT2D eigenvalue weighted by molar-refractivity contribution is 0.0693. The predicted molar refractivity (Wildman–Crippen MR) is 87.3 cm³/mol. The second-order valence-corrected chi connectivity index (χ2v) is 6.87. The molecule has 0 aliphatic carbocycles. The van der Waals surface area contributed by atoms with E-state index < -0.39 is 23.1 Å². The Hall–Kier alpha value is -2.31. The predicted octanol–water partition coefficient (Wildman–Crippen LogP) is 2.83. The van der Waals surface area contributed by atoms with Crippen LogP contribution in [-0.4, -0.2) is 38.7 Å². The molecule has 1 saturated heterocycles. The molecule has 0 N–H and O–H groups in total. The molecule has 25 heavy (non-hydrogen) atoms. The molecular weight excluding hydrogens is 326 g/mol. The monoisotopic (exact) mass is 346 g/mol. The third-order valence-corrected chi connectivity index (χ3v) is 5.21. The van der Waals surface area contributed by atoms with Crippen LogP contribution in [0, 0.1) is 18.6 Å². The molecule has 0 radical (unpaired) electrons. The van der Waals surface area contributed by atoms with Crippen LogP contribution < -0.4 is 0 Å². The van der Waals surface area contributed by atoms with E-state index in [0.29, 0.717) is 13.1 Å². The van der Waals surface area contributed by atoms with Gasteiger partial charge in [-0.05, 0) is 37.8 Å². The average Bonchev–Trinajstić information content (AvgIpc) is 3.22. The molecule has 4 rings (SSSR count). The van der Waals surface area contributed by atoms with Crippen molar-refractivity contribution in [3.8, 4) is 0 Å². The van der Waals surface area contributed by atoms with Crippen LogP contribution in [0.3, 0.4) is 0 Å². The van der Waals surface area contributed by atoms with Gasteiger partial charge in [0.15, 0.2) is 0 Å². The van der Waals surface area contributed by atoms with Gasteiger partial charge in [-0.1, -0.05) is 6.07 Å². The van der Waals surface area contributed by atoms with E-state index in [-0.39, 0.29) is 11.5 Å². The summed E-state index contributed by atoms with van der Waals surface area (Å²) >= 11 is 0. The number of hydrogen-bond donors (Lipinski definition) is 0. The summed E-state index contributed by atoms with van der Waals surface area (Å²) < 4.78 is 30.5. The SMILES string of the molecule is Cc1ccc(F)c(C(=O)N2CCCC(c3nnc4n3CCC4)C2)c1F. The molecule has 2 aliphatic heterocycles. The normalized spacial score (nSPS) is 20.0. The summed E-state index contributed by atoms with van der Waals surface area (Å²) in [5, 5.41) is 8.53. The Morgan fingerprint density at radius 3 is 2.88 bits per heavy atom. The van der Waals surface area contributed by atoms with Crippen LogP contribution in [-0.2, 0) is 13.0 Å². The number of nitrogens with zero attached hydrogens (tertiary/aromatic N) is 4. The lowest BCUT2D eigenvalue weighted by Gasteiger charge is -2.32. The number of likely N-dealkylation sites (tertiary alicyclic amines) is 1. The van der Waals surface area contributed by atoms with E-state index in [0.717, 1.165) is 49.9 Å². The third-order valence-electron chi connectivity index (χ3n) is 5.21. The number of halogens is 2. The molecule has 1 amide bonds. The highest BCUT2D eigenvalue weighted by Gasteiger charge is 2.32. The quantitative estimate of drug-likeness (QED) is 0.840. The van der Waals surface area contributed by atoms with Gasteiger partial charge in [-0.25, -0.2) is 8.78 Å². The molecule has 2 aliphatic rings. The Balaban J connectivity index is 1.59. The number of carbonyl (C=O) groups is 1. The average molecular weight is 346 g/mol. The Kier molecular flexibility index (Phi) is 4.01. The van der Waals surface area contributed by atoms with Crippen molar-refractivity contribution in [2.24, 2.45) is 0 Å². The topological polar surface area (TPSA) is 51.0 Å². The fourth-order valence-corrected chi connectivity index (χ4v) is 3.86. The highest BCUT2D eigenvalue weighted by atomic mass is 19.1. The first-order valence-corrected chi connectivity index (χ1v) is 8.72. The van der Waals surface area contributed by atoms with Crippen LogP contribution in [0.2, 0.25) is 0 Å². The van der Waals surface area contributed by atoms with Crippen LogP contribution in [0.15, 0.2) is 12.1 Å². The number of piperidine rings is 1. The van der Waals surface area contributed by atoms with Crippen LogP contribution in [0.5, 0.6) is 0 Å². The van der Waals surface area contributed by atoms with Crippen LogP contribution in [0.4, 0.5) is 8.78 Å². The Morgan fingerprint density at radius 1 is 1.20 bits per heavy atom. The van der Waals surface area contributed by atoms with Gasteiger partial charge in [0.2, 0.25) is 0 Å². The number of amides is 1. The van der Waals surface area contributed by atoms with Gasteiger partial charge in [0.1, 0.15) is 28.8 Å². The van der Waals surface area contributed by atoms with E-state index in [9.17, 15) is 13.6 Å². The molecule has 132 valence electrons. The molecule has 1 aromatic carbocycles. The molecule has 5 nitrogen and oxygen atoms in total. The molecule has 1 unspecified atom stereocenters. The number of hydrogen-bond acceptors (Lipinski definition) is 3. The second kappa shape index (κ2) is 6.20. The molecule has 1 aromatic heterocycles. The zero-order chi connectivity index (χ0) is 17.6. The van der Waals surface area contributed by atoms with Crippen molar-refractivity contribution < 1.29 is 13.6 Å². The van der Waals surface area contributed by atoms with Gasteiger partial charge in [0, 0.05) is 32.0 Å². The van der Waals surface area contributed by atoms with E-state index >= 15 is 0 Å². The maximum absolute atomic E-state index is 14.3. The highest BCUT2D eigenvalue weighted by molar-refractivity contribution is 5.95. The Labute approximate surface area is 144 Å². The summed E-state index contributed by atoms with van der Waals surface area (Å²) in [7, 11) is 0.